The Labute approximate surface area is 257 Å². The Balaban J connectivity index is 0. The molecule has 1 aliphatic heterocycles. The van der Waals surface area contributed by atoms with E-state index in [1.807, 2.05) is 25.2 Å². The molecule has 2 N–H and O–H groups in total. The van der Waals surface area contributed by atoms with Gasteiger partial charge in [-0.25, -0.2) is 4.39 Å². The maximum atomic E-state index is 13.9. The summed E-state index contributed by atoms with van der Waals surface area (Å²) in [6.45, 7) is 4.87. The van der Waals surface area contributed by atoms with Crippen molar-refractivity contribution >= 4 is 12.7 Å². The second kappa shape index (κ2) is 19.5. The van der Waals surface area contributed by atoms with Gasteiger partial charge in [0.1, 0.15) is 5.82 Å². The molecule has 1 aliphatic rings. The van der Waals surface area contributed by atoms with Crippen LogP contribution in [0.15, 0.2) is 36.4 Å². The normalized spacial score (nSPS) is 16.6. The maximum absolute atomic E-state index is 13.9. The summed E-state index contributed by atoms with van der Waals surface area (Å²) in [4.78, 5) is 21.1. The molecule has 2 aromatic rings. The fourth-order valence-corrected chi connectivity index (χ4v) is 3.69. The largest absolute Gasteiger partial charge is 1.00 e. The van der Waals surface area contributed by atoms with Gasteiger partial charge >= 0.3 is 51.4 Å². The third kappa shape index (κ3) is 11.2. The summed E-state index contributed by atoms with van der Waals surface area (Å²) < 4.78 is 24.2. The van der Waals surface area contributed by atoms with Gasteiger partial charge in [-0.2, -0.15) is 17.4 Å². The Morgan fingerprint density at radius 2 is 1.92 bits per heavy atom. The molecule has 1 unspecified atom stereocenters. The van der Waals surface area contributed by atoms with E-state index in [0.29, 0.717) is 30.7 Å². The van der Waals surface area contributed by atoms with E-state index in [-0.39, 0.29) is 70.5 Å². The van der Waals surface area contributed by atoms with Gasteiger partial charge in [-0.1, -0.05) is 17.7 Å². The van der Waals surface area contributed by atoms with Crippen molar-refractivity contribution in [1.29, 1.82) is 5.26 Å². The molecular weight excluding hydrogens is 488 g/mol. The van der Waals surface area contributed by atoms with Crippen molar-refractivity contribution in [2.45, 2.75) is 37.7 Å². The molecule has 36 heavy (non-hydrogen) atoms. The summed E-state index contributed by atoms with van der Waals surface area (Å²) in [5.74, 6) is 0.0298. The number of amides is 1. The number of carbonyl (C=O) groups excluding carboxylic acids is 2. The number of halogens is 1. The number of nitrogens with two attached hydrogens (primary N) is 1. The van der Waals surface area contributed by atoms with Crippen LogP contribution in [0, 0.1) is 30.6 Å². The molecule has 7 nitrogen and oxygen atoms in total. The van der Waals surface area contributed by atoms with E-state index in [9.17, 15) is 9.18 Å². The summed E-state index contributed by atoms with van der Waals surface area (Å²) >= 11 is 0. The molecule has 0 bridgehead atoms. The number of likely N-dealkylation sites (N-methyl/N-ethyl adjacent to an activating group) is 1. The molecule has 1 amide bonds. The first-order valence-electron chi connectivity index (χ1n) is 10.8. The number of ether oxygens (including phenoxy) is 2. The van der Waals surface area contributed by atoms with Crippen LogP contribution in [0.5, 0.6) is 5.75 Å². The van der Waals surface area contributed by atoms with Gasteiger partial charge in [-0.3, -0.25) is 11.6 Å². The average molecular weight is 524 g/mol. The number of primary amides is 1. The first kappa shape index (κ1) is 36.5. The quantitative estimate of drug-likeness (QED) is 0.343. The molecule has 192 valence electrons. The van der Waals surface area contributed by atoms with Gasteiger partial charge in [0.15, 0.2) is 5.60 Å². The minimum atomic E-state index is -0.759. The Morgan fingerprint density at radius 1 is 1.25 bits per heavy atom. The zero-order valence-electron chi connectivity index (χ0n) is 22.0. The molecule has 1 atom stereocenters. The number of benzene rings is 2. The molecule has 3 rings (SSSR count). The second-order valence-electron chi connectivity index (χ2n) is 7.87. The van der Waals surface area contributed by atoms with Crippen molar-refractivity contribution in [3.63, 3.8) is 0 Å². The molecule has 1 heterocycles. The predicted octanol–water partition coefficient (Wildman–Crippen LogP) is 0.910. The summed E-state index contributed by atoms with van der Waals surface area (Å²) in [5, 5.41) is 8.51. The van der Waals surface area contributed by atoms with Gasteiger partial charge in [0.05, 0.1) is 13.2 Å². The molecule has 0 saturated carbocycles. The SMILES string of the molecule is COC1(C(N)=O)CCCCN(C)C1.COc1[c-]cc(-c2ccc(CCC#N)c(F)c2)cc1.[CH-]=O.[CH3-].[K+]. The molecule has 0 spiro atoms. The Hall–Kier alpha value is -1.64. The molecule has 0 aromatic heterocycles. The predicted molar refractivity (Wildman–Crippen MR) is 135 cm³/mol. The molecular formula is C27H35FKN3O4-2. The average Bonchev–Trinajstić information content (AvgIpc) is 3.07. The number of hydrogen-bond donors (Lipinski definition) is 1. The van der Waals surface area contributed by atoms with Crippen molar-refractivity contribution in [3.05, 3.63) is 61.3 Å². The smallest absolute Gasteiger partial charge is 0.545 e. The minimum absolute atomic E-state index is 0. The third-order valence-electron chi connectivity index (χ3n) is 5.63. The van der Waals surface area contributed by atoms with E-state index in [2.05, 4.69) is 17.8 Å². The van der Waals surface area contributed by atoms with Crippen LogP contribution in [0.1, 0.15) is 31.2 Å². The van der Waals surface area contributed by atoms with E-state index in [1.165, 1.54) is 6.07 Å². The van der Waals surface area contributed by atoms with Crippen molar-refractivity contribution < 1.29 is 74.8 Å². The first-order chi connectivity index (χ1) is 16.3. The summed E-state index contributed by atoms with van der Waals surface area (Å²) in [7, 11) is 5.13. The monoisotopic (exact) mass is 523 g/mol. The molecule has 0 radical (unpaired) electrons. The number of likely N-dealkylation sites (tertiary alicyclic amines) is 1. The fraction of sp³-hybridized carbons (Fsp3) is 0.407. The molecule has 0 aliphatic carbocycles. The van der Waals surface area contributed by atoms with Crippen LogP contribution in [-0.2, 0) is 20.7 Å². The Bertz CT molecular complexity index is 953. The summed E-state index contributed by atoms with van der Waals surface area (Å²) in [6.07, 6.45) is 3.61. The van der Waals surface area contributed by atoms with Crippen molar-refractivity contribution in [1.82, 2.24) is 4.90 Å². The van der Waals surface area contributed by atoms with Crippen molar-refractivity contribution in [2.75, 3.05) is 34.4 Å². The minimum Gasteiger partial charge on any atom is -0.545 e. The molecule has 1 fully saturated rings. The zero-order valence-corrected chi connectivity index (χ0v) is 25.1. The van der Waals surface area contributed by atoms with E-state index < -0.39 is 5.60 Å². The van der Waals surface area contributed by atoms with Gasteiger partial charge in [0, 0.05) is 25.8 Å². The topological polar surface area (TPSA) is 106 Å². The maximum Gasteiger partial charge on any atom is 1.00 e. The number of aryl methyl sites for hydroxylation is 1. The zero-order chi connectivity index (χ0) is 25.6. The van der Waals surface area contributed by atoms with Crippen molar-refractivity contribution in [3.8, 4) is 22.9 Å². The second-order valence-corrected chi connectivity index (χ2v) is 7.87. The molecule has 1 saturated heterocycles. The van der Waals surface area contributed by atoms with Gasteiger partial charge in [0.25, 0.3) is 5.91 Å². The van der Waals surface area contributed by atoms with Crippen LogP contribution in [-0.4, -0.2) is 57.6 Å². The number of methoxy groups -OCH3 is 2. The van der Waals surface area contributed by atoms with E-state index >= 15 is 0 Å². The number of nitrogens with zero attached hydrogens (tertiary/aromatic N) is 2. The molecule has 9 heteroatoms. The van der Waals surface area contributed by atoms with Crippen LogP contribution in [0.25, 0.3) is 11.1 Å². The van der Waals surface area contributed by atoms with E-state index in [4.69, 9.17) is 25.3 Å². The fourth-order valence-electron chi connectivity index (χ4n) is 3.69. The van der Waals surface area contributed by atoms with Crippen molar-refractivity contribution in [2.24, 2.45) is 5.73 Å². The van der Waals surface area contributed by atoms with Gasteiger partial charge in [-0.15, -0.1) is 17.7 Å². The number of carbonyl (C=O) groups is 1. The van der Waals surface area contributed by atoms with Crippen LogP contribution in [0.2, 0.25) is 0 Å². The van der Waals surface area contributed by atoms with Gasteiger partial charge in [-0.05, 0) is 50.9 Å². The third-order valence-corrected chi connectivity index (χ3v) is 5.63. The van der Waals surface area contributed by atoms with Gasteiger partial charge in [0.2, 0.25) is 0 Å². The number of rotatable bonds is 6. The van der Waals surface area contributed by atoms with Gasteiger partial charge < -0.3 is 32.3 Å². The van der Waals surface area contributed by atoms with E-state index in [1.54, 1.807) is 32.4 Å². The Kier molecular flexibility index (Phi) is 19.7. The van der Waals surface area contributed by atoms with Crippen LogP contribution < -0.4 is 61.9 Å². The van der Waals surface area contributed by atoms with E-state index in [0.717, 1.165) is 36.9 Å². The number of hydrogen-bond acceptors (Lipinski definition) is 6. The molecule has 2 aromatic carbocycles. The first-order valence-corrected chi connectivity index (χ1v) is 10.8. The Morgan fingerprint density at radius 3 is 2.42 bits per heavy atom. The standard InChI is InChI=1S/C16H13FNO.C9H18N2O2.CHO.CH3.K/c1-19-15-8-6-12(7-9-15)14-5-4-13(3-2-10-18)16(17)11-14;1-11-6-4-3-5-9(7-11,13-2)8(10)12;1-2;;/h4-8,11H,2-3H2,1H3;3-7H2,1-2H3,(H2,10,12);1H;1H3;/q-1;;2*-1;+1. The summed E-state index contributed by atoms with van der Waals surface area (Å²) in [5.41, 5.74) is 6.84. The van der Waals surface area contributed by atoms with Crippen LogP contribution >= 0.6 is 0 Å². The van der Waals surface area contributed by atoms with Crippen LogP contribution in [0.4, 0.5) is 4.39 Å². The van der Waals surface area contributed by atoms with Crippen LogP contribution in [0.3, 0.4) is 0 Å². The number of nitriles is 1. The summed E-state index contributed by atoms with van der Waals surface area (Å²) in [6, 6.07) is 15.5.